The zero-order valence-electron chi connectivity index (χ0n) is 12.5. The first-order valence-electron chi connectivity index (χ1n) is 7.86. The molecule has 0 spiro atoms. The number of hydrogen-bond acceptors (Lipinski definition) is 3. The number of carbonyl (C=O) groups excluding carboxylic acids is 2. The Morgan fingerprint density at radius 2 is 1.90 bits per heavy atom. The number of hydrogen-bond donors (Lipinski definition) is 2. The van der Waals surface area contributed by atoms with Crippen molar-refractivity contribution in [1.29, 1.82) is 0 Å². The van der Waals surface area contributed by atoms with Crippen LogP contribution in [-0.4, -0.2) is 41.9 Å². The lowest BCUT2D eigenvalue weighted by Crippen LogP contribution is -2.54. The molecule has 0 aromatic rings. The highest BCUT2D eigenvalue weighted by Gasteiger charge is 2.36. The fourth-order valence-electron chi connectivity index (χ4n) is 3.50. The summed E-state index contributed by atoms with van der Waals surface area (Å²) in [5.74, 6) is 0.00969. The number of nitrogens with two attached hydrogens (primary N) is 1. The van der Waals surface area contributed by atoms with Crippen molar-refractivity contribution in [1.82, 2.24) is 10.2 Å². The average molecular weight is 281 g/mol. The number of rotatable bonds is 3. The molecule has 1 saturated heterocycles. The van der Waals surface area contributed by atoms with E-state index >= 15 is 0 Å². The summed E-state index contributed by atoms with van der Waals surface area (Å²) in [6.45, 7) is 0.688. The summed E-state index contributed by atoms with van der Waals surface area (Å²) >= 11 is 0. The highest BCUT2D eigenvalue weighted by Crippen LogP contribution is 2.30. The van der Waals surface area contributed by atoms with E-state index < -0.39 is 0 Å². The topological polar surface area (TPSA) is 75.4 Å². The highest BCUT2D eigenvalue weighted by molar-refractivity contribution is 5.88. The van der Waals surface area contributed by atoms with Gasteiger partial charge in [0, 0.05) is 25.6 Å². The van der Waals surface area contributed by atoms with Gasteiger partial charge < -0.3 is 16.0 Å². The summed E-state index contributed by atoms with van der Waals surface area (Å²) < 4.78 is 0. The zero-order chi connectivity index (χ0) is 14.6. The molecule has 5 heteroatoms. The van der Waals surface area contributed by atoms with Gasteiger partial charge >= 0.3 is 0 Å². The molecule has 1 unspecified atom stereocenters. The molecular formula is C15H27N3O2. The maximum absolute atomic E-state index is 12.6. The minimum atomic E-state index is -0.347. The third kappa shape index (κ3) is 3.51. The summed E-state index contributed by atoms with van der Waals surface area (Å²) in [6, 6.07) is -0.298. The maximum Gasteiger partial charge on any atom is 0.242 e. The molecule has 0 aromatic heterocycles. The number of piperidine rings is 1. The summed E-state index contributed by atoms with van der Waals surface area (Å²) in [7, 11) is 1.63. The minimum absolute atomic E-state index is 0.0484. The van der Waals surface area contributed by atoms with Gasteiger partial charge in [-0.2, -0.15) is 0 Å². The molecule has 1 aliphatic heterocycles. The van der Waals surface area contributed by atoms with Crippen molar-refractivity contribution in [2.24, 2.45) is 5.73 Å². The minimum Gasteiger partial charge on any atom is -0.357 e. The van der Waals surface area contributed by atoms with Gasteiger partial charge in [0.25, 0.3) is 0 Å². The lowest BCUT2D eigenvalue weighted by atomic mass is 9.79. The first-order valence-corrected chi connectivity index (χ1v) is 7.86. The van der Waals surface area contributed by atoms with Gasteiger partial charge in [-0.3, -0.25) is 9.59 Å². The van der Waals surface area contributed by atoms with E-state index in [9.17, 15) is 9.59 Å². The van der Waals surface area contributed by atoms with Crippen LogP contribution in [0.1, 0.15) is 57.8 Å². The molecule has 114 valence electrons. The van der Waals surface area contributed by atoms with Crippen LogP contribution in [0.4, 0.5) is 0 Å². The molecule has 5 nitrogen and oxygen atoms in total. The van der Waals surface area contributed by atoms with E-state index in [4.69, 9.17) is 5.73 Å². The lowest BCUT2D eigenvalue weighted by Gasteiger charge is -2.38. The summed E-state index contributed by atoms with van der Waals surface area (Å²) in [5.41, 5.74) is 6.03. The highest BCUT2D eigenvalue weighted by atomic mass is 16.2. The Labute approximate surface area is 121 Å². The van der Waals surface area contributed by atoms with Gasteiger partial charge in [0.1, 0.15) is 6.04 Å². The number of likely N-dealkylation sites (tertiary alicyclic amines) is 1. The summed E-state index contributed by atoms with van der Waals surface area (Å²) in [5, 5.41) is 2.67. The van der Waals surface area contributed by atoms with Crippen LogP contribution in [-0.2, 0) is 9.59 Å². The average Bonchev–Trinajstić information content (AvgIpc) is 2.46. The van der Waals surface area contributed by atoms with Crippen LogP contribution in [0.2, 0.25) is 0 Å². The van der Waals surface area contributed by atoms with Gasteiger partial charge in [-0.15, -0.1) is 0 Å². The number of likely N-dealkylation sites (N-methyl/N-ethyl adjacent to an activating group) is 1. The molecule has 2 aliphatic rings. The van der Waals surface area contributed by atoms with Crippen LogP contribution in [0.5, 0.6) is 0 Å². The van der Waals surface area contributed by atoms with Crippen molar-refractivity contribution in [3.05, 3.63) is 0 Å². The molecule has 3 N–H and O–H groups in total. The van der Waals surface area contributed by atoms with E-state index in [1.165, 1.54) is 6.42 Å². The predicted octanol–water partition coefficient (Wildman–Crippen LogP) is 1.17. The van der Waals surface area contributed by atoms with E-state index in [1.54, 1.807) is 11.9 Å². The Morgan fingerprint density at radius 1 is 1.20 bits per heavy atom. The molecular weight excluding hydrogens is 254 g/mol. The fraction of sp³-hybridized carbons (Fsp3) is 0.867. The van der Waals surface area contributed by atoms with E-state index in [2.05, 4.69) is 5.32 Å². The third-order valence-electron chi connectivity index (χ3n) is 4.72. The summed E-state index contributed by atoms with van der Waals surface area (Å²) in [6.07, 6.45) is 8.45. The normalized spacial score (nSPS) is 26.1. The van der Waals surface area contributed by atoms with E-state index in [-0.39, 0.29) is 23.4 Å². The molecule has 2 amide bonds. The molecule has 1 aliphatic carbocycles. The molecule has 1 heterocycles. The van der Waals surface area contributed by atoms with Gasteiger partial charge in [0.2, 0.25) is 11.8 Å². The van der Waals surface area contributed by atoms with E-state index in [1.807, 2.05) is 0 Å². The SMILES string of the molecule is CNC(=O)C1CCCCN1C(=O)CC1(N)CCCCC1. The largest absolute Gasteiger partial charge is 0.357 e. The van der Waals surface area contributed by atoms with Crippen molar-refractivity contribution < 1.29 is 9.59 Å². The Morgan fingerprint density at radius 3 is 2.55 bits per heavy atom. The van der Waals surface area contributed by atoms with Crippen LogP contribution in [0.25, 0.3) is 0 Å². The van der Waals surface area contributed by atoms with Crippen LogP contribution in [0.15, 0.2) is 0 Å². The molecule has 20 heavy (non-hydrogen) atoms. The molecule has 2 fully saturated rings. The number of amides is 2. The van der Waals surface area contributed by atoms with Crippen molar-refractivity contribution in [3.8, 4) is 0 Å². The molecule has 0 radical (unpaired) electrons. The molecule has 0 bridgehead atoms. The van der Waals surface area contributed by atoms with Gasteiger partial charge in [-0.05, 0) is 32.1 Å². The molecule has 2 rings (SSSR count). The Hall–Kier alpha value is -1.10. The van der Waals surface area contributed by atoms with E-state index in [0.717, 1.165) is 44.9 Å². The van der Waals surface area contributed by atoms with E-state index in [0.29, 0.717) is 13.0 Å². The van der Waals surface area contributed by atoms with Crippen LogP contribution >= 0.6 is 0 Å². The number of nitrogens with zero attached hydrogens (tertiary/aromatic N) is 1. The second kappa shape index (κ2) is 6.57. The second-order valence-electron chi connectivity index (χ2n) is 6.31. The number of nitrogens with one attached hydrogen (secondary N) is 1. The predicted molar refractivity (Wildman–Crippen MR) is 78.0 cm³/mol. The maximum atomic E-state index is 12.6. The number of carbonyl (C=O) groups is 2. The van der Waals surface area contributed by atoms with Crippen molar-refractivity contribution in [3.63, 3.8) is 0 Å². The van der Waals surface area contributed by atoms with Crippen molar-refractivity contribution in [2.75, 3.05) is 13.6 Å². The molecule has 1 atom stereocenters. The first kappa shape index (κ1) is 15.3. The standard InChI is InChI=1S/C15H27N3O2/c1-17-14(20)12-7-3-6-10-18(12)13(19)11-15(16)8-4-2-5-9-15/h12H,2-11,16H2,1H3,(H,17,20). The van der Waals surface area contributed by atoms with Gasteiger partial charge in [-0.25, -0.2) is 0 Å². The van der Waals surface area contributed by atoms with Gasteiger partial charge in [0.05, 0.1) is 0 Å². The van der Waals surface area contributed by atoms with Crippen LogP contribution in [0, 0.1) is 0 Å². The van der Waals surface area contributed by atoms with Crippen molar-refractivity contribution >= 4 is 11.8 Å². The van der Waals surface area contributed by atoms with Crippen LogP contribution < -0.4 is 11.1 Å². The zero-order valence-corrected chi connectivity index (χ0v) is 12.5. The van der Waals surface area contributed by atoms with Gasteiger partial charge in [-0.1, -0.05) is 19.3 Å². The smallest absolute Gasteiger partial charge is 0.242 e. The molecule has 0 aromatic carbocycles. The Bertz CT molecular complexity index is 364. The Balaban J connectivity index is 2.00. The Kier molecular flexibility index (Phi) is 5.02. The quantitative estimate of drug-likeness (QED) is 0.815. The first-order chi connectivity index (χ1) is 9.56. The summed E-state index contributed by atoms with van der Waals surface area (Å²) in [4.78, 5) is 26.2. The fourth-order valence-corrected chi connectivity index (χ4v) is 3.50. The van der Waals surface area contributed by atoms with Crippen LogP contribution in [0.3, 0.4) is 0 Å². The third-order valence-corrected chi connectivity index (χ3v) is 4.72. The second-order valence-corrected chi connectivity index (χ2v) is 6.31. The monoisotopic (exact) mass is 281 g/mol. The van der Waals surface area contributed by atoms with Crippen molar-refractivity contribution in [2.45, 2.75) is 69.4 Å². The molecule has 1 saturated carbocycles. The van der Waals surface area contributed by atoms with Gasteiger partial charge in [0.15, 0.2) is 0 Å². The lowest BCUT2D eigenvalue weighted by molar-refractivity contribution is -0.143.